The summed E-state index contributed by atoms with van der Waals surface area (Å²) in [7, 11) is 0. The Morgan fingerprint density at radius 2 is 1.89 bits per heavy atom. The molecule has 0 bridgehead atoms. The van der Waals surface area contributed by atoms with E-state index in [9.17, 15) is 19.7 Å². The van der Waals surface area contributed by atoms with Crippen molar-refractivity contribution in [3.8, 4) is 0 Å². The van der Waals surface area contributed by atoms with Crippen molar-refractivity contribution in [2.45, 2.75) is 55.1 Å². The number of H-pyrrole nitrogens is 1. The number of amides is 1. The molecule has 1 aliphatic carbocycles. The van der Waals surface area contributed by atoms with Crippen LogP contribution in [0.4, 0.5) is 11.4 Å². The molecule has 2 heterocycles. The minimum atomic E-state index is -0.474. The number of para-hydroxylation sites is 1. The van der Waals surface area contributed by atoms with Crippen LogP contribution in [0.3, 0.4) is 0 Å². The molecular formula is C27H25N5O4S2. The van der Waals surface area contributed by atoms with Crippen LogP contribution in [0.2, 0.25) is 0 Å². The maximum absolute atomic E-state index is 13.6. The minimum Gasteiger partial charge on any atom is -0.301 e. The molecule has 0 radical (unpaired) electrons. The Balaban J connectivity index is 1.47. The molecule has 38 heavy (non-hydrogen) atoms. The van der Waals surface area contributed by atoms with Gasteiger partial charge in [0, 0.05) is 23.9 Å². The van der Waals surface area contributed by atoms with Crippen LogP contribution in [0.5, 0.6) is 0 Å². The van der Waals surface area contributed by atoms with Crippen molar-refractivity contribution >= 4 is 52.0 Å². The van der Waals surface area contributed by atoms with Gasteiger partial charge in [-0.15, -0.1) is 0 Å². The summed E-state index contributed by atoms with van der Waals surface area (Å²) in [5.41, 5.74) is 1.37. The number of aliphatic imine (C=N–C) groups is 1. The van der Waals surface area contributed by atoms with Crippen LogP contribution in [0.25, 0.3) is 6.08 Å². The fraction of sp³-hybridized carbons (Fsp3) is 0.259. The molecule has 1 amide bonds. The van der Waals surface area contributed by atoms with E-state index in [1.807, 2.05) is 30.3 Å². The van der Waals surface area contributed by atoms with Gasteiger partial charge in [-0.1, -0.05) is 43.5 Å². The van der Waals surface area contributed by atoms with Crippen molar-refractivity contribution in [2.24, 2.45) is 4.99 Å². The number of nitro groups is 1. The molecule has 0 spiro atoms. The number of carbonyl (C=O) groups is 1. The minimum absolute atomic E-state index is 0.0919. The SMILES string of the molecule is Cc1cc(=O)[nH]c(Sc2ccc(/C=C3/SC(=Nc4ccccc4)N(C4CCCCC4)C3=O)cc2[N+](=O)[O-])n1. The number of rotatable bonds is 6. The molecule has 5 rings (SSSR count). The Morgan fingerprint density at radius 1 is 1.13 bits per heavy atom. The third-order valence-corrected chi connectivity index (χ3v) is 8.22. The number of amidine groups is 1. The molecule has 194 valence electrons. The highest BCUT2D eigenvalue weighted by Gasteiger charge is 2.38. The molecule has 2 aromatic carbocycles. The number of nitrogens with one attached hydrogen (secondary N) is 1. The Bertz CT molecular complexity index is 1500. The first-order chi connectivity index (χ1) is 18.4. The highest BCUT2D eigenvalue weighted by Crippen LogP contribution is 2.40. The quantitative estimate of drug-likeness (QED) is 0.172. The second-order valence-corrected chi connectivity index (χ2v) is 11.1. The molecule has 1 saturated carbocycles. The van der Waals surface area contributed by atoms with Crippen LogP contribution in [-0.4, -0.2) is 36.9 Å². The third kappa shape index (κ3) is 5.89. The molecule has 0 atom stereocenters. The fourth-order valence-electron chi connectivity index (χ4n) is 4.55. The van der Waals surface area contributed by atoms with Gasteiger partial charge < -0.3 is 4.98 Å². The lowest BCUT2D eigenvalue weighted by atomic mass is 9.94. The van der Waals surface area contributed by atoms with E-state index in [4.69, 9.17) is 4.99 Å². The standard InChI is InChI=1S/C27H25N5O4S2/c1-17-14-24(33)30-26(28-17)37-22-13-12-18(15-21(22)32(35)36)16-23-25(34)31(20-10-6-3-7-11-20)27(38-23)29-19-8-4-2-5-9-19/h2,4-5,8-9,12-16,20H,3,6-7,10-11H2,1H3,(H,28,30,33)/b23-16+,29-27?. The first-order valence-corrected chi connectivity index (χ1v) is 13.9. The molecule has 3 aromatic rings. The number of thioether (sulfide) groups is 1. The van der Waals surface area contributed by atoms with Gasteiger partial charge in [0.2, 0.25) is 0 Å². The molecular weight excluding hydrogens is 522 g/mol. The summed E-state index contributed by atoms with van der Waals surface area (Å²) in [6.07, 6.45) is 6.86. The van der Waals surface area contributed by atoms with Gasteiger partial charge in [-0.05, 0) is 73.1 Å². The summed E-state index contributed by atoms with van der Waals surface area (Å²) in [6, 6.07) is 15.7. The number of hydrogen-bond donors (Lipinski definition) is 1. The van der Waals surface area contributed by atoms with Crippen LogP contribution < -0.4 is 5.56 Å². The van der Waals surface area contributed by atoms with Crippen LogP contribution in [0.1, 0.15) is 43.4 Å². The molecule has 2 aliphatic rings. The molecule has 1 aromatic heterocycles. The van der Waals surface area contributed by atoms with E-state index in [0.29, 0.717) is 26.2 Å². The zero-order valence-electron chi connectivity index (χ0n) is 20.6. The van der Waals surface area contributed by atoms with Crippen LogP contribution in [0.15, 0.2) is 79.3 Å². The molecule has 9 nitrogen and oxygen atoms in total. The van der Waals surface area contributed by atoms with Gasteiger partial charge in [-0.25, -0.2) is 9.98 Å². The van der Waals surface area contributed by atoms with Crippen molar-refractivity contribution in [2.75, 3.05) is 0 Å². The van der Waals surface area contributed by atoms with E-state index in [1.165, 1.54) is 30.3 Å². The summed E-state index contributed by atoms with van der Waals surface area (Å²) in [5, 5.41) is 12.8. The van der Waals surface area contributed by atoms with Crippen molar-refractivity contribution in [1.82, 2.24) is 14.9 Å². The third-order valence-electron chi connectivity index (χ3n) is 6.29. The van der Waals surface area contributed by atoms with Crippen LogP contribution in [0, 0.1) is 17.0 Å². The normalized spacial score (nSPS) is 18.4. The van der Waals surface area contributed by atoms with Gasteiger partial charge in [0.25, 0.3) is 17.2 Å². The van der Waals surface area contributed by atoms with Gasteiger partial charge >= 0.3 is 0 Å². The lowest BCUT2D eigenvalue weighted by Gasteiger charge is -2.30. The largest absolute Gasteiger partial charge is 0.301 e. The summed E-state index contributed by atoms with van der Waals surface area (Å²) in [5.74, 6) is -0.126. The van der Waals surface area contributed by atoms with E-state index < -0.39 is 4.92 Å². The number of nitro benzene ring substituents is 1. The first kappa shape index (κ1) is 25.9. The van der Waals surface area contributed by atoms with Crippen LogP contribution in [-0.2, 0) is 4.79 Å². The molecule has 0 unspecified atom stereocenters. The predicted octanol–water partition coefficient (Wildman–Crippen LogP) is 6.07. The Hall–Kier alpha value is -3.70. The van der Waals surface area contributed by atoms with E-state index in [0.717, 1.165) is 43.1 Å². The maximum Gasteiger partial charge on any atom is 0.283 e. The van der Waals surface area contributed by atoms with E-state index >= 15 is 0 Å². The highest BCUT2D eigenvalue weighted by molar-refractivity contribution is 8.18. The van der Waals surface area contributed by atoms with E-state index in [-0.39, 0.29) is 28.4 Å². The highest BCUT2D eigenvalue weighted by atomic mass is 32.2. The number of nitrogens with zero attached hydrogens (tertiary/aromatic N) is 4. The monoisotopic (exact) mass is 547 g/mol. The van der Waals surface area contributed by atoms with Crippen molar-refractivity contribution in [3.05, 3.63) is 91.2 Å². The van der Waals surface area contributed by atoms with Gasteiger partial charge in [0.05, 0.1) is 20.4 Å². The van der Waals surface area contributed by atoms with Crippen molar-refractivity contribution in [3.63, 3.8) is 0 Å². The number of aryl methyl sites for hydroxylation is 1. The van der Waals surface area contributed by atoms with E-state index in [1.54, 1.807) is 30.0 Å². The number of aromatic nitrogens is 2. The summed E-state index contributed by atoms with van der Waals surface area (Å²) >= 11 is 2.31. The van der Waals surface area contributed by atoms with E-state index in [2.05, 4.69) is 9.97 Å². The molecule has 11 heteroatoms. The number of benzene rings is 2. The number of carbonyl (C=O) groups excluding carboxylic acids is 1. The topological polar surface area (TPSA) is 122 Å². The first-order valence-electron chi connectivity index (χ1n) is 12.3. The number of hydrogen-bond acceptors (Lipinski definition) is 8. The Labute approximate surface area is 227 Å². The Morgan fingerprint density at radius 3 is 2.61 bits per heavy atom. The fourth-order valence-corrected chi connectivity index (χ4v) is 6.53. The average molecular weight is 548 g/mol. The lowest BCUT2D eigenvalue weighted by Crippen LogP contribution is -2.40. The molecule has 1 N–H and O–H groups in total. The summed E-state index contributed by atoms with van der Waals surface area (Å²) < 4.78 is 0. The predicted molar refractivity (Wildman–Crippen MR) is 150 cm³/mol. The van der Waals surface area contributed by atoms with Crippen LogP contribution >= 0.6 is 23.5 Å². The zero-order valence-corrected chi connectivity index (χ0v) is 22.3. The zero-order chi connectivity index (χ0) is 26.6. The molecule has 1 aliphatic heterocycles. The number of aromatic amines is 1. The lowest BCUT2D eigenvalue weighted by molar-refractivity contribution is -0.387. The van der Waals surface area contributed by atoms with Gasteiger partial charge in [0.1, 0.15) is 0 Å². The summed E-state index contributed by atoms with van der Waals surface area (Å²) in [6.45, 7) is 1.69. The molecule has 2 fully saturated rings. The second kappa shape index (κ2) is 11.4. The van der Waals surface area contributed by atoms with Crippen molar-refractivity contribution < 1.29 is 9.72 Å². The average Bonchev–Trinajstić information content (AvgIpc) is 3.19. The van der Waals surface area contributed by atoms with Crippen molar-refractivity contribution in [1.29, 1.82) is 0 Å². The molecule has 1 saturated heterocycles. The smallest absolute Gasteiger partial charge is 0.283 e. The van der Waals surface area contributed by atoms with Gasteiger partial charge in [-0.2, -0.15) is 0 Å². The second-order valence-electron chi connectivity index (χ2n) is 9.09. The van der Waals surface area contributed by atoms with Gasteiger partial charge in [-0.3, -0.25) is 24.6 Å². The van der Waals surface area contributed by atoms with Gasteiger partial charge in [0.15, 0.2) is 10.3 Å². The Kier molecular flexibility index (Phi) is 7.75. The summed E-state index contributed by atoms with van der Waals surface area (Å²) in [4.78, 5) is 51.0. The maximum atomic E-state index is 13.6.